The molecule has 1 aromatic carbocycles. The molecule has 1 aromatic heterocycles. The van der Waals surface area contributed by atoms with Crippen molar-refractivity contribution in [1.29, 1.82) is 0 Å². The smallest absolute Gasteiger partial charge is 0.356 e. The number of hydrogen-bond acceptors (Lipinski definition) is 4. The lowest BCUT2D eigenvalue weighted by Gasteiger charge is -2.26. The van der Waals surface area contributed by atoms with Gasteiger partial charge in [0.15, 0.2) is 5.69 Å². The van der Waals surface area contributed by atoms with E-state index in [1.54, 1.807) is 0 Å². The molecule has 0 aliphatic carbocycles. The lowest BCUT2D eigenvalue weighted by Crippen LogP contribution is -2.44. The van der Waals surface area contributed by atoms with Crippen molar-refractivity contribution in [2.75, 3.05) is 0 Å². The molecule has 120 valence electrons. The topological polar surface area (TPSA) is 92.2 Å². The van der Waals surface area contributed by atoms with Crippen LogP contribution in [0.2, 0.25) is 0 Å². The highest BCUT2D eigenvalue weighted by Crippen LogP contribution is 2.14. The van der Waals surface area contributed by atoms with E-state index in [0.717, 1.165) is 19.0 Å². The minimum Gasteiger partial charge on any atom is -0.476 e. The summed E-state index contributed by atoms with van der Waals surface area (Å²) < 4.78 is 0. The molecule has 2 aromatic rings. The first-order valence-electron chi connectivity index (χ1n) is 7.29. The van der Waals surface area contributed by atoms with Gasteiger partial charge in [0, 0.05) is 5.54 Å². The molecule has 6 heteroatoms. The molecule has 1 heterocycles. The molecule has 0 unspecified atom stereocenters. The first-order valence-corrected chi connectivity index (χ1v) is 7.29. The normalized spacial score (nSPS) is 11.0. The Bertz CT molecular complexity index is 682. The van der Waals surface area contributed by atoms with Crippen molar-refractivity contribution >= 4 is 11.9 Å². The zero-order chi connectivity index (χ0) is 16.9. The maximum absolute atomic E-state index is 12.2. The van der Waals surface area contributed by atoms with E-state index in [9.17, 15) is 9.59 Å². The number of nitrogens with zero attached hydrogens (tertiary/aromatic N) is 2. The van der Waals surface area contributed by atoms with Crippen molar-refractivity contribution in [3.8, 4) is 0 Å². The van der Waals surface area contributed by atoms with Crippen molar-refractivity contribution in [2.45, 2.75) is 32.2 Å². The number of rotatable bonds is 6. The average molecular weight is 313 g/mol. The van der Waals surface area contributed by atoms with Gasteiger partial charge in [-0.25, -0.2) is 14.8 Å². The predicted octanol–water partition coefficient (Wildman–Crippen LogP) is 2.32. The molecule has 0 aliphatic rings. The molecule has 0 atom stereocenters. The number of benzene rings is 1. The van der Waals surface area contributed by atoms with Crippen LogP contribution in [-0.4, -0.2) is 32.5 Å². The zero-order valence-corrected chi connectivity index (χ0v) is 13.1. The number of aromatic carboxylic acids is 1. The van der Waals surface area contributed by atoms with Gasteiger partial charge in [-0.1, -0.05) is 30.3 Å². The summed E-state index contributed by atoms with van der Waals surface area (Å²) in [4.78, 5) is 30.5. The molecule has 2 N–H and O–H groups in total. The van der Waals surface area contributed by atoms with Crippen LogP contribution in [0.25, 0.3) is 0 Å². The summed E-state index contributed by atoms with van der Waals surface area (Å²) in [6.07, 6.45) is 3.86. The van der Waals surface area contributed by atoms with Crippen LogP contribution in [0, 0.1) is 0 Å². The van der Waals surface area contributed by atoms with Crippen molar-refractivity contribution in [2.24, 2.45) is 0 Å². The van der Waals surface area contributed by atoms with E-state index in [2.05, 4.69) is 15.3 Å². The lowest BCUT2D eigenvalue weighted by molar-refractivity contribution is 0.0688. The predicted molar refractivity (Wildman–Crippen MR) is 85.3 cm³/mol. The SMILES string of the molecule is CC(C)(CCc1ccccc1)NC(=O)c1cnc(C(=O)O)cn1. The molecule has 0 spiro atoms. The Balaban J connectivity index is 1.96. The summed E-state index contributed by atoms with van der Waals surface area (Å²) >= 11 is 0. The van der Waals surface area contributed by atoms with Gasteiger partial charge in [0.1, 0.15) is 5.69 Å². The second-order valence-corrected chi connectivity index (χ2v) is 5.92. The fourth-order valence-corrected chi connectivity index (χ4v) is 2.09. The number of amides is 1. The second-order valence-electron chi connectivity index (χ2n) is 5.92. The molecule has 1 amide bonds. The third-order valence-corrected chi connectivity index (χ3v) is 3.44. The van der Waals surface area contributed by atoms with Crippen LogP contribution in [0.15, 0.2) is 42.7 Å². The Hall–Kier alpha value is -2.76. The van der Waals surface area contributed by atoms with Crippen molar-refractivity contribution in [1.82, 2.24) is 15.3 Å². The maximum atomic E-state index is 12.2. The van der Waals surface area contributed by atoms with Crippen LogP contribution in [-0.2, 0) is 6.42 Å². The Morgan fingerprint density at radius 1 is 1.09 bits per heavy atom. The molecule has 0 saturated heterocycles. The Morgan fingerprint density at radius 3 is 2.26 bits per heavy atom. The summed E-state index contributed by atoms with van der Waals surface area (Å²) in [6.45, 7) is 3.87. The first kappa shape index (κ1) is 16.6. The number of carboxylic acids is 1. The van der Waals surface area contributed by atoms with E-state index in [-0.39, 0.29) is 17.3 Å². The molecule has 0 saturated carbocycles. The molecule has 23 heavy (non-hydrogen) atoms. The number of carbonyl (C=O) groups is 2. The van der Waals surface area contributed by atoms with Crippen molar-refractivity contribution < 1.29 is 14.7 Å². The Labute approximate surface area is 134 Å². The Morgan fingerprint density at radius 2 is 1.70 bits per heavy atom. The van der Waals surface area contributed by atoms with Crippen LogP contribution in [0.1, 0.15) is 46.8 Å². The molecular weight excluding hydrogens is 294 g/mol. The van der Waals surface area contributed by atoms with Gasteiger partial charge in [-0.05, 0) is 32.3 Å². The third kappa shape index (κ3) is 4.88. The van der Waals surface area contributed by atoms with E-state index in [0.29, 0.717) is 0 Å². The van der Waals surface area contributed by atoms with E-state index in [1.807, 2.05) is 44.2 Å². The number of carboxylic acid groups (broad SMARTS) is 1. The minimum atomic E-state index is -1.17. The summed E-state index contributed by atoms with van der Waals surface area (Å²) in [6, 6.07) is 10.0. The maximum Gasteiger partial charge on any atom is 0.356 e. The number of carbonyl (C=O) groups excluding carboxylic acids is 1. The first-order chi connectivity index (χ1) is 10.9. The minimum absolute atomic E-state index is 0.0998. The van der Waals surface area contributed by atoms with Gasteiger partial charge < -0.3 is 10.4 Å². The number of aryl methyl sites for hydroxylation is 1. The van der Waals surface area contributed by atoms with Gasteiger partial charge in [-0.15, -0.1) is 0 Å². The van der Waals surface area contributed by atoms with Gasteiger partial charge in [0.2, 0.25) is 0 Å². The summed E-state index contributed by atoms with van der Waals surface area (Å²) in [5.41, 5.74) is 0.702. The number of nitrogens with one attached hydrogen (secondary N) is 1. The zero-order valence-electron chi connectivity index (χ0n) is 13.1. The van der Waals surface area contributed by atoms with Gasteiger partial charge in [0.25, 0.3) is 5.91 Å². The Kier molecular flexibility index (Phi) is 5.05. The van der Waals surface area contributed by atoms with Crippen LogP contribution < -0.4 is 5.32 Å². The van der Waals surface area contributed by atoms with Crippen LogP contribution in [0.5, 0.6) is 0 Å². The monoisotopic (exact) mass is 313 g/mol. The number of hydrogen-bond donors (Lipinski definition) is 2. The summed E-state index contributed by atoms with van der Waals surface area (Å²) in [7, 11) is 0. The molecule has 0 bridgehead atoms. The molecule has 6 nitrogen and oxygen atoms in total. The second kappa shape index (κ2) is 7.00. The van der Waals surface area contributed by atoms with Crippen LogP contribution in [0.4, 0.5) is 0 Å². The largest absolute Gasteiger partial charge is 0.476 e. The van der Waals surface area contributed by atoms with Gasteiger partial charge in [-0.2, -0.15) is 0 Å². The van der Waals surface area contributed by atoms with Crippen molar-refractivity contribution in [3.63, 3.8) is 0 Å². The van der Waals surface area contributed by atoms with E-state index < -0.39 is 11.5 Å². The molecule has 0 radical (unpaired) electrons. The number of aromatic nitrogens is 2. The van der Waals surface area contributed by atoms with Gasteiger partial charge in [-0.3, -0.25) is 4.79 Å². The fourth-order valence-electron chi connectivity index (χ4n) is 2.09. The molecule has 0 aliphatic heterocycles. The van der Waals surface area contributed by atoms with Gasteiger partial charge in [0.05, 0.1) is 12.4 Å². The fraction of sp³-hybridized carbons (Fsp3) is 0.294. The average Bonchev–Trinajstić information content (AvgIpc) is 2.54. The third-order valence-electron chi connectivity index (χ3n) is 3.44. The van der Waals surface area contributed by atoms with E-state index in [4.69, 9.17) is 5.11 Å². The van der Waals surface area contributed by atoms with Gasteiger partial charge >= 0.3 is 5.97 Å². The highest BCUT2D eigenvalue weighted by Gasteiger charge is 2.22. The van der Waals surface area contributed by atoms with Crippen LogP contribution >= 0.6 is 0 Å². The van der Waals surface area contributed by atoms with E-state index >= 15 is 0 Å². The lowest BCUT2D eigenvalue weighted by atomic mass is 9.95. The van der Waals surface area contributed by atoms with Crippen molar-refractivity contribution in [3.05, 3.63) is 59.7 Å². The molecule has 0 fully saturated rings. The van der Waals surface area contributed by atoms with E-state index in [1.165, 1.54) is 11.8 Å². The summed E-state index contributed by atoms with van der Waals surface area (Å²) in [5, 5.41) is 11.7. The molecular formula is C17H19N3O3. The van der Waals surface area contributed by atoms with Crippen LogP contribution in [0.3, 0.4) is 0 Å². The highest BCUT2D eigenvalue weighted by atomic mass is 16.4. The summed E-state index contributed by atoms with van der Waals surface area (Å²) in [5.74, 6) is -1.54. The molecule has 2 rings (SSSR count). The highest BCUT2D eigenvalue weighted by molar-refractivity contribution is 5.93. The standard InChI is InChI=1S/C17H19N3O3/c1-17(2,9-8-12-6-4-3-5-7-12)20-15(21)13-10-19-14(11-18-13)16(22)23/h3-7,10-11H,8-9H2,1-2H3,(H,20,21)(H,22,23). The quantitative estimate of drug-likeness (QED) is 0.854.